The lowest BCUT2D eigenvalue weighted by Gasteiger charge is -2.18. The number of nitrogens with one attached hydrogen (secondary N) is 3. The van der Waals surface area contributed by atoms with E-state index in [1.807, 2.05) is 75.4 Å². The molecule has 212 valence electrons. The lowest BCUT2D eigenvalue weighted by atomic mass is 10.3. The van der Waals surface area contributed by atoms with Gasteiger partial charge in [0.1, 0.15) is 57.0 Å². The van der Waals surface area contributed by atoms with Gasteiger partial charge < -0.3 is 29.7 Å². The molecule has 0 aliphatic carbocycles. The van der Waals surface area contributed by atoms with Crippen molar-refractivity contribution in [2.24, 2.45) is 0 Å². The van der Waals surface area contributed by atoms with Crippen LogP contribution >= 0.6 is 11.6 Å². The van der Waals surface area contributed by atoms with Crippen LogP contribution in [-0.4, -0.2) is 68.2 Å². The molecule has 0 saturated heterocycles. The minimum absolute atomic E-state index is 0.508. The lowest BCUT2D eigenvalue weighted by molar-refractivity contribution is 0.413. The Morgan fingerprint density at radius 3 is 1.90 bits per heavy atom. The van der Waals surface area contributed by atoms with Gasteiger partial charge in [-0.15, -0.1) is 0 Å². The third-order valence-electron chi connectivity index (χ3n) is 5.83. The van der Waals surface area contributed by atoms with Crippen LogP contribution < -0.4 is 19.7 Å². The zero-order chi connectivity index (χ0) is 29.4. The zero-order valence-corrected chi connectivity index (χ0v) is 24.4. The molecule has 0 fully saturated rings. The highest BCUT2D eigenvalue weighted by Crippen LogP contribution is 2.27. The lowest BCUT2D eigenvalue weighted by Crippen LogP contribution is -2.14. The van der Waals surface area contributed by atoms with Crippen LogP contribution in [0.3, 0.4) is 0 Å². The quantitative estimate of drug-likeness (QED) is 0.226. The Balaban J connectivity index is 0.000000156. The largest absolute Gasteiger partial charge is 0.495 e. The third-order valence-corrected chi connectivity index (χ3v) is 6.12. The van der Waals surface area contributed by atoms with Crippen LogP contribution in [0.2, 0.25) is 5.15 Å². The van der Waals surface area contributed by atoms with Gasteiger partial charge in [0.05, 0.1) is 37.4 Å². The van der Waals surface area contributed by atoms with Crippen LogP contribution in [0.4, 0.5) is 17.5 Å². The van der Waals surface area contributed by atoms with Crippen LogP contribution in [0.1, 0.15) is 11.6 Å². The number of aromatic amines is 2. The molecule has 0 spiro atoms. The molecule has 0 bridgehead atoms. The summed E-state index contributed by atoms with van der Waals surface area (Å²) in [5, 5.41) is 5.26. The van der Waals surface area contributed by atoms with E-state index in [1.54, 1.807) is 32.8 Å². The highest BCUT2D eigenvalue weighted by molar-refractivity contribution is 6.33. The molecule has 0 unspecified atom stereocenters. The van der Waals surface area contributed by atoms with Crippen LogP contribution in [-0.2, 0) is 0 Å². The number of rotatable bonds is 5. The molecule has 0 amide bonds. The van der Waals surface area contributed by atoms with E-state index >= 15 is 0 Å². The number of aromatic nitrogens is 8. The number of ether oxygens (including phenoxy) is 2. The van der Waals surface area contributed by atoms with Gasteiger partial charge in [-0.3, -0.25) is 0 Å². The Labute approximate surface area is 242 Å². The Morgan fingerprint density at radius 1 is 0.756 bits per heavy atom. The summed E-state index contributed by atoms with van der Waals surface area (Å²) in [7, 11) is 7.01. The number of pyridine rings is 2. The van der Waals surface area contributed by atoms with Gasteiger partial charge in [0.25, 0.3) is 0 Å². The van der Waals surface area contributed by atoms with Crippen molar-refractivity contribution < 1.29 is 9.47 Å². The maximum atomic E-state index is 5.83. The molecule has 13 heteroatoms. The highest BCUT2D eigenvalue weighted by Gasteiger charge is 2.13. The Kier molecular flexibility index (Phi) is 9.48. The number of fused-ring (bicyclic) bond motifs is 2. The molecule has 6 heterocycles. The summed E-state index contributed by atoms with van der Waals surface area (Å²) < 4.78 is 10.0. The number of hydrogen-bond donors (Lipinski definition) is 3. The first-order valence-corrected chi connectivity index (χ1v) is 12.9. The summed E-state index contributed by atoms with van der Waals surface area (Å²) >= 11 is 5.83. The molecule has 41 heavy (non-hydrogen) atoms. The normalized spacial score (nSPS) is 10.3. The maximum absolute atomic E-state index is 5.83. The molecule has 3 N–H and O–H groups in total. The molecular formula is C28H31ClN10O2. The first kappa shape index (κ1) is 29.0. The summed E-state index contributed by atoms with van der Waals surface area (Å²) in [6.45, 7) is 3.69. The number of hydrogen-bond acceptors (Lipinski definition) is 10. The predicted molar refractivity (Wildman–Crippen MR) is 161 cm³/mol. The topological polar surface area (TPSA) is 143 Å². The van der Waals surface area contributed by atoms with Crippen molar-refractivity contribution in [3.63, 3.8) is 0 Å². The molecule has 0 saturated carbocycles. The van der Waals surface area contributed by atoms with Gasteiger partial charge >= 0.3 is 0 Å². The summed E-state index contributed by atoms with van der Waals surface area (Å²) in [5.74, 6) is 5.38. The van der Waals surface area contributed by atoms with E-state index < -0.39 is 0 Å². The van der Waals surface area contributed by atoms with E-state index in [-0.39, 0.29) is 0 Å². The van der Waals surface area contributed by atoms with Crippen molar-refractivity contribution in [2.75, 3.05) is 38.5 Å². The minimum Gasteiger partial charge on any atom is -0.495 e. The first-order valence-electron chi connectivity index (χ1n) is 12.5. The smallest absolute Gasteiger partial charge is 0.147 e. The van der Waals surface area contributed by atoms with Gasteiger partial charge in [-0.2, -0.15) is 0 Å². The fourth-order valence-electron chi connectivity index (χ4n) is 3.75. The Bertz CT molecular complexity index is 1680. The van der Waals surface area contributed by atoms with Crippen molar-refractivity contribution >= 4 is 51.1 Å². The van der Waals surface area contributed by atoms with Crippen molar-refractivity contribution in [1.82, 2.24) is 39.9 Å². The fourth-order valence-corrected chi connectivity index (χ4v) is 4.02. The summed E-state index contributed by atoms with van der Waals surface area (Å²) in [4.78, 5) is 33.5. The molecule has 0 aliphatic heterocycles. The van der Waals surface area contributed by atoms with E-state index in [0.29, 0.717) is 11.0 Å². The van der Waals surface area contributed by atoms with E-state index in [1.165, 1.54) is 0 Å². The second-order valence-corrected chi connectivity index (χ2v) is 8.94. The number of nitrogens with zero attached hydrogens (tertiary/aromatic N) is 7. The second-order valence-electron chi connectivity index (χ2n) is 8.58. The molecule has 0 radical (unpaired) electrons. The SMILES string of the molecule is CNc1ccc(OC)cn1.COc1ccc(N(C)c2nc(C)nc3[nH]ccc23)nc1.Cc1nc(Cl)c2cc[nH]c2n1. The predicted octanol–water partition coefficient (Wildman–Crippen LogP) is 5.49. The van der Waals surface area contributed by atoms with E-state index in [4.69, 9.17) is 21.1 Å². The monoisotopic (exact) mass is 574 g/mol. The van der Waals surface area contributed by atoms with Gasteiger partial charge in [-0.05, 0) is 50.2 Å². The average Bonchev–Trinajstić information content (AvgIpc) is 3.67. The third kappa shape index (κ3) is 7.17. The number of halogens is 1. The van der Waals surface area contributed by atoms with Gasteiger partial charge in [0, 0.05) is 26.5 Å². The van der Waals surface area contributed by atoms with Crippen LogP contribution in [0, 0.1) is 13.8 Å². The average molecular weight is 575 g/mol. The fraction of sp³-hybridized carbons (Fsp3) is 0.214. The van der Waals surface area contributed by atoms with Crippen molar-refractivity contribution in [2.45, 2.75) is 13.8 Å². The number of anilines is 3. The molecule has 12 nitrogen and oxygen atoms in total. The van der Waals surface area contributed by atoms with E-state index in [2.05, 4.69) is 45.2 Å². The number of methoxy groups -OCH3 is 2. The van der Waals surface area contributed by atoms with Crippen LogP contribution in [0.15, 0.2) is 61.2 Å². The van der Waals surface area contributed by atoms with Crippen molar-refractivity contribution in [3.05, 3.63) is 78.0 Å². The van der Waals surface area contributed by atoms with Crippen molar-refractivity contribution in [3.8, 4) is 11.5 Å². The Hall–Kier alpha value is -4.97. The van der Waals surface area contributed by atoms with Gasteiger partial charge in [-0.1, -0.05) is 11.6 Å². The maximum Gasteiger partial charge on any atom is 0.147 e. The summed E-state index contributed by atoms with van der Waals surface area (Å²) in [6, 6.07) is 11.3. The molecule has 6 aromatic heterocycles. The molecule has 0 aliphatic rings. The molecule has 0 atom stereocenters. The van der Waals surface area contributed by atoms with E-state index in [9.17, 15) is 0 Å². The molecule has 6 aromatic rings. The van der Waals surface area contributed by atoms with E-state index in [0.717, 1.165) is 56.8 Å². The highest BCUT2D eigenvalue weighted by atomic mass is 35.5. The number of aryl methyl sites for hydroxylation is 2. The van der Waals surface area contributed by atoms with Crippen LogP contribution in [0.25, 0.3) is 22.1 Å². The summed E-state index contributed by atoms with van der Waals surface area (Å²) in [6.07, 6.45) is 7.02. The Morgan fingerprint density at radius 2 is 1.34 bits per heavy atom. The van der Waals surface area contributed by atoms with Gasteiger partial charge in [-0.25, -0.2) is 29.9 Å². The molecule has 6 rings (SSSR count). The molecular weight excluding hydrogens is 544 g/mol. The first-order chi connectivity index (χ1) is 19.8. The molecule has 0 aromatic carbocycles. The summed E-state index contributed by atoms with van der Waals surface area (Å²) in [5.41, 5.74) is 1.62. The minimum atomic E-state index is 0.508. The standard InChI is InChI=1S/C14H15N5O.C7H6ClN3.C7H10N2O/c1-9-17-13-11(6-7-15-13)14(18-9)19(2)12-5-4-10(20-3)8-16-12;1-4-10-6(8)5-2-3-9-7(5)11-4;1-8-7-4-3-6(10-2)5-9-7/h4-8H,1-3H3,(H,15,17,18);2-3H,1H3,(H,9,10,11);3-5H,1-2H3,(H,8,9). The second kappa shape index (κ2) is 13.4. The van der Waals surface area contributed by atoms with Crippen LogP contribution in [0.5, 0.6) is 11.5 Å². The number of H-pyrrole nitrogens is 2. The van der Waals surface area contributed by atoms with Gasteiger partial charge in [0.15, 0.2) is 0 Å². The van der Waals surface area contributed by atoms with Gasteiger partial charge in [0.2, 0.25) is 0 Å². The zero-order valence-electron chi connectivity index (χ0n) is 23.6. The van der Waals surface area contributed by atoms with Crippen molar-refractivity contribution in [1.29, 1.82) is 0 Å².